The molecule has 2 saturated carbocycles. The van der Waals surface area contributed by atoms with Crippen LogP contribution >= 0.6 is 0 Å². The Morgan fingerprint density at radius 1 is 1.09 bits per heavy atom. The van der Waals surface area contributed by atoms with Crippen molar-refractivity contribution in [3.63, 3.8) is 0 Å². The van der Waals surface area contributed by atoms with Crippen LogP contribution in [0.5, 0.6) is 0 Å². The summed E-state index contributed by atoms with van der Waals surface area (Å²) in [5, 5.41) is 4.34. The summed E-state index contributed by atoms with van der Waals surface area (Å²) in [6.45, 7) is -0.00883. The first kappa shape index (κ1) is 21.0. The summed E-state index contributed by atoms with van der Waals surface area (Å²) in [4.78, 5) is 45.3. The number of aryl methyl sites for hydroxylation is 1. The molecule has 33 heavy (non-hydrogen) atoms. The van der Waals surface area contributed by atoms with Crippen molar-refractivity contribution < 1.29 is 14.4 Å². The molecule has 2 aromatic heterocycles. The molecule has 0 unspecified atom stereocenters. The molecule has 0 radical (unpaired) electrons. The number of amides is 2. The zero-order valence-corrected chi connectivity index (χ0v) is 18.3. The molecule has 5 rings (SSSR count). The van der Waals surface area contributed by atoms with E-state index < -0.39 is 0 Å². The number of benzene rings is 1. The number of imide groups is 1. The fourth-order valence-electron chi connectivity index (χ4n) is 3.53. The average Bonchev–Trinajstić information content (AvgIpc) is 3.76. The van der Waals surface area contributed by atoms with E-state index in [1.165, 1.54) is 11.1 Å². The van der Waals surface area contributed by atoms with E-state index in [0.717, 1.165) is 36.9 Å². The summed E-state index contributed by atoms with van der Waals surface area (Å²) in [5.41, 5.74) is 2.31. The zero-order valence-electron chi connectivity index (χ0n) is 18.3. The van der Waals surface area contributed by atoms with Crippen molar-refractivity contribution in [3.8, 4) is 0 Å². The van der Waals surface area contributed by atoms with Crippen LogP contribution in [0, 0.1) is 11.8 Å². The van der Waals surface area contributed by atoms with Gasteiger partial charge in [0.1, 0.15) is 11.5 Å². The van der Waals surface area contributed by atoms with Crippen LogP contribution < -0.4 is 4.90 Å². The first-order valence-corrected chi connectivity index (χ1v) is 11.0. The minimum atomic E-state index is -0.168. The highest BCUT2D eigenvalue weighted by Gasteiger charge is 2.42. The second-order valence-electron chi connectivity index (χ2n) is 8.36. The number of hydrogen-bond acceptors (Lipinski definition) is 7. The molecule has 3 aromatic rings. The molecular formula is C24H24N6O3. The highest BCUT2D eigenvalue weighted by molar-refractivity contribution is 6.16. The number of carbonyl (C=O) groups is 2. The van der Waals surface area contributed by atoms with Gasteiger partial charge in [-0.25, -0.2) is 19.9 Å². The molecule has 2 fully saturated rings. The standard InChI is InChI=1S/C24H24N6O3/c1-29-15-25-13-19(29)22(16-5-3-2-4-6-16)28-33-14-20-26-12-11-21(27-20)30(23(31)17-7-8-17)24(32)18-9-10-18/h2-6,11-13,15,17-18H,7-10,14H2,1H3/b28-22-. The van der Waals surface area contributed by atoms with Gasteiger partial charge in [0.05, 0.1) is 18.2 Å². The summed E-state index contributed by atoms with van der Waals surface area (Å²) >= 11 is 0. The van der Waals surface area contributed by atoms with Crippen LogP contribution in [-0.4, -0.2) is 37.0 Å². The van der Waals surface area contributed by atoms with Crippen molar-refractivity contribution in [1.29, 1.82) is 0 Å². The van der Waals surface area contributed by atoms with E-state index in [1.54, 1.807) is 18.6 Å². The third-order valence-corrected chi connectivity index (χ3v) is 5.67. The van der Waals surface area contributed by atoms with Crippen molar-refractivity contribution in [1.82, 2.24) is 19.5 Å². The number of rotatable bonds is 8. The Hall–Kier alpha value is -3.88. The molecule has 9 nitrogen and oxygen atoms in total. The minimum Gasteiger partial charge on any atom is -0.387 e. The molecule has 2 amide bonds. The SMILES string of the molecule is Cn1cncc1/C(=N\OCc1nccc(N(C(=O)C2CC2)C(=O)C2CC2)n1)c1ccccc1. The largest absolute Gasteiger partial charge is 0.387 e. The normalized spacial score (nSPS) is 15.8. The average molecular weight is 444 g/mol. The second kappa shape index (κ2) is 8.93. The van der Waals surface area contributed by atoms with Gasteiger partial charge in [0.15, 0.2) is 12.4 Å². The summed E-state index contributed by atoms with van der Waals surface area (Å²) in [6, 6.07) is 11.3. The molecule has 2 aliphatic carbocycles. The van der Waals surface area contributed by atoms with E-state index in [-0.39, 0.29) is 30.3 Å². The molecule has 0 aliphatic heterocycles. The predicted octanol–water partition coefficient (Wildman–Crippen LogP) is 2.86. The fraction of sp³-hybridized carbons (Fsp3) is 0.333. The van der Waals surface area contributed by atoms with Gasteiger partial charge in [-0.2, -0.15) is 0 Å². The third-order valence-electron chi connectivity index (χ3n) is 5.67. The van der Waals surface area contributed by atoms with Crippen LogP contribution in [0.15, 0.2) is 60.3 Å². The van der Waals surface area contributed by atoms with Crippen LogP contribution in [0.1, 0.15) is 42.8 Å². The maximum atomic E-state index is 12.8. The molecule has 2 aliphatic rings. The number of hydrogen-bond donors (Lipinski definition) is 0. The first-order chi connectivity index (χ1) is 16.1. The van der Waals surface area contributed by atoms with Gasteiger partial charge in [0.2, 0.25) is 11.8 Å². The summed E-state index contributed by atoms with van der Waals surface area (Å²) in [7, 11) is 1.88. The summed E-state index contributed by atoms with van der Waals surface area (Å²) < 4.78 is 1.86. The van der Waals surface area contributed by atoms with Crippen LogP contribution in [0.25, 0.3) is 0 Å². The van der Waals surface area contributed by atoms with Crippen molar-refractivity contribution in [2.75, 3.05) is 4.90 Å². The summed E-state index contributed by atoms with van der Waals surface area (Å²) in [5.74, 6) is 0.136. The maximum absolute atomic E-state index is 12.8. The van der Waals surface area contributed by atoms with E-state index in [2.05, 4.69) is 20.1 Å². The summed E-state index contributed by atoms with van der Waals surface area (Å²) in [6.07, 6.45) is 8.23. The van der Waals surface area contributed by atoms with Crippen molar-refractivity contribution in [2.24, 2.45) is 24.0 Å². The number of imidazole rings is 1. The van der Waals surface area contributed by atoms with Crippen LogP contribution in [-0.2, 0) is 28.1 Å². The van der Waals surface area contributed by atoms with Gasteiger partial charge in [0.25, 0.3) is 0 Å². The molecule has 0 saturated heterocycles. The number of aromatic nitrogens is 4. The Kier molecular flexibility index (Phi) is 5.68. The number of nitrogens with zero attached hydrogens (tertiary/aromatic N) is 6. The Morgan fingerprint density at radius 2 is 1.79 bits per heavy atom. The highest BCUT2D eigenvalue weighted by atomic mass is 16.6. The van der Waals surface area contributed by atoms with Gasteiger partial charge in [-0.05, 0) is 31.7 Å². The van der Waals surface area contributed by atoms with Crippen molar-refractivity contribution in [3.05, 3.63) is 72.2 Å². The smallest absolute Gasteiger partial charge is 0.238 e. The van der Waals surface area contributed by atoms with Gasteiger partial charge in [0, 0.05) is 30.6 Å². The Morgan fingerprint density at radius 3 is 2.39 bits per heavy atom. The van der Waals surface area contributed by atoms with E-state index in [9.17, 15) is 9.59 Å². The Bertz CT molecular complexity index is 1170. The molecule has 0 spiro atoms. The lowest BCUT2D eigenvalue weighted by molar-refractivity contribution is -0.127. The molecule has 1 aromatic carbocycles. The van der Waals surface area contributed by atoms with Gasteiger partial charge in [-0.15, -0.1) is 0 Å². The lowest BCUT2D eigenvalue weighted by atomic mass is 10.1. The molecule has 0 bridgehead atoms. The zero-order chi connectivity index (χ0) is 22.8. The van der Waals surface area contributed by atoms with Crippen molar-refractivity contribution >= 4 is 23.3 Å². The third kappa shape index (κ3) is 4.67. The molecule has 9 heteroatoms. The highest BCUT2D eigenvalue weighted by Crippen LogP contribution is 2.37. The van der Waals surface area contributed by atoms with Crippen LogP contribution in [0.2, 0.25) is 0 Å². The maximum Gasteiger partial charge on any atom is 0.238 e. The van der Waals surface area contributed by atoms with E-state index in [1.807, 2.05) is 41.9 Å². The first-order valence-electron chi connectivity index (χ1n) is 11.0. The molecule has 168 valence electrons. The number of carbonyl (C=O) groups excluding carboxylic acids is 2. The minimum absolute atomic E-state index is 0.00883. The fourth-order valence-corrected chi connectivity index (χ4v) is 3.53. The lowest BCUT2D eigenvalue weighted by Crippen LogP contribution is -2.39. The van der Waals surface area contributed by atoms with Crippen LogP contribution in [0.4, 0.5) is 5.82 Å². The molecule has 2 heterocycles. The van der Waals surface area contributed by atoms with Crippen LogP contribution in [0.3, 0.4) is 0 Å². The quantitative estimate of drug-likeness (QED) is 0.301. The van der Waals surface area contributed by atoms with Gasteiger partial charge in [-0.1, -0.05) is 35.5 Å². The Labute approximate surface area is 191 Å². The molecule has 0 N–H and O–H groups in total. The Balaban J connectivity index is 1.36. The lowest BCUT2D eigenvalue weighted by Gasteiger charge is -2.20. The second-order valence-corrected chi connectivity index (χ2v) is 8.36. The van der Waals surface area contributed by atoms with E-state index in [4.69, 9.17) is 4.84 Å². The monoisotopic (exact) mass is 444 g/mol. The van der Waals surface area contributed by atoms with E-state index in [0.29, 0.717) is 17.4 Å². The van der Waals surface area contributed by atoms with Gasteiger partial charge in [-0.3, -0.25) is 9.59 Å². The van der Waals surface area contributed by atoms with Crippen molar-refractivity contribution in [2.45, 2.75) is 32.3 Å². The number of anilines is 1. The molecule has 0 atom stereocenters. The molecular weight excluding hydrogens is 420 g/mol. The predicted molar refractivity (Wildman–Crippen MR) is 120 cm³/mol. The van der Waals surface area contributed by atoms with E-state index >= 15 is 0 Å². The number of oxime groups is 1. The topological polar surface area (TPSA) is 103 Å². The van der Waals surface area contributed by atoms with Gasteiger partial charge < -0.3 is 9.40 Å². The van der Waals surface area contributed by atoms with Gasteiger partial charge >= 0.3 is 0 Å².